The largest absolute Gasteiger partial charge is 0.240 e. The number of fused-ring (bicyclic) bond motifs is 1. The molecule has 0 atom stereocenters. The summed E-state index contributed by atoms with van der Waals surface area (Å²) in [7, 11) is 0. The van der Waals surface area contributed by atoms with Crippen molar-refractivity contribution in [3.63, 3.8) is 0 Å². The monoisotopic (exact) mass is 257 g/mol. The highest BCUT2D eigenvalue weighted by atomic mass is 32.1. The van der Waals surface area contributed by atoms with Crippen molar-refractivity contribution >= 4 is 28.1 Å². The highest BCUT2D eigenvalue weighted by Gasteiger charge is 2.10. The quantitative estimate of drug-likeness (QED) is 0.520. The van der Waals surface area contributed by atoms with E-state index in [0.717, 1.165) is 21.4 Å². The lowest BCUT2D eigenvalue weighted by molar-refractivity contribution is 0.565. The van der Waals surface area contributed by atoms with Gasteiger partial charge in [0.1, 0.15) is 5.01 Å². The Labute approximate surface area is 106 Å². The molecule has 7 heteroatoms. The second-order valence-electron chi connectivity index (χ2n) is 3.60. The van der Waals surface area contributed by atoms with Crippen LogP contribution in [-0.4, -0.2) is 25.9 Å². The Morgan fingerprint density at radius 1 is 1.39 bits per heavy atom. The van der Waals surface area contributed by atoms with E-state index < -0.39 is 0 Å². The van der Waals surface area contributed by atoms with Crippen molar-refractivity contribution in [2.24, 2.45) is 4.99 Å². The van der Waals surface area contributed by atoms with E-state index in [1.54, 1.807) is 16.6 Å². The topological polar surface area (TPSA) is 72.5 Å². The SMILES string of the molecule is Cc1nnc2sc(-c3cccc(N=C=O)c3)nn12. The van der Waals surface area contributed by atoms with Crippen LogP contribution in [0, 0.1) is 6.92 Å². The predicted octanol–water partition coefficient (Wildman–Crippen LogP) is 2.13. The molecule has 0 aliphatic rings. The van der Waals surface area contributed by atoms with E-state index in [-0.39, 0.29) is 0 Å². The molecule has 2 aromatic heterocycles. The van der Waals surface area contributed by atoms with Crippen molar-refractivity contribution in [1.29, 1.82) is 0 Å². The summed E-state index contributed by atoms with van der Waals surface area (Å²) in [6, 6.07) is 7.25. The van der Waals surface area contributed by atoms with Crippen LogP contribution in [0.1, 0.15) is 5.82 Å². The number of nitrogens with zero attached hydrogens (tertiary/aromatic N) is 5. The molecule has 0 N–H and O–H groups in total. The molecular formula is C11H7N5OS. The summed E-state index contributed by atoms with van der Waals surface area (Å²) in [5.41, 5.74) is 1.45. The minimum absolute atomic E-state index is 0.560. The van der Waals surface area contributed by atoms with Crippen LogP contribution in [0.15, 0.2) is 29.3 Å². The van der Waals surface area contributed by atoms with Gasteiger partial charge in [0.25, 0.3) is 0 Å². The number of aliphatic imine (C=N–C) groups is 1. The number of rotatable bonds is 2. The Balaban J connectivity index is 2.13. The maximum atomic E-state index is 10.2. The van der Waals surface area contributed by atoms with Crippen LogP contribution >= 0.6 is 11.3 Å². The Kier molecular flexibility index (Phi) is 2.47. The van der Waals surface area contributed by atoms with E-state index in [9.17, 15) is 4.79 Å². The van der Waals surface area contributed by atoms with Crippen LogP contribution in [0.5, 0.6) is 0 Å². The highest BCUT2D eigenvalue weighted by Crippen LogP contribution is 2.27. The number of carbonyl (C=O) groups excluding carboxylic acids is 1. The van der Waals surface area contributed by atoms with Crippen LogP contribution in [0.2, 0.25) is 0 Å². The Bertz CT molecular complexity index is 769. The van der Waals surface area contributed by atoms with Gasteiger partial charge in [-0.05, 0) is 19.1 Å². The van der Waals surface area contributed by atoms with Crippen LogP contribution in [0.3, 0.4) is 0 Å². The second kappa shape index (κ2) is 4.14. The molecule has 3 aromatic rings. The third kappa shape index (κ3) is 1.71. The van der Waals surface area contributed by atoms with E-state index in [0.29, 0.717) is 5.69 Å². The molecule has 0 bridgehead atoms. The number of hydrogen-bond donors (Lipinski definition) is 0. The van der Waals surface area contributed by atoms with Crippen LogP contribution in [0.4, 0.5) is 5.69 Å². The van der Waals surface area contributed by atoms with Crippen molar-refractivity contribution in [2.45, 2.75) is 6.92 Å². The molecule has 0 aliphatic carbocycles. The average Bonchev–Trinajstić information content (AvgIpc) is 2.93. The zero-order valence-corrected chi connectivity index (χ0v) is 10.2. The first kappa shape index (κ1) is 10.8. The molecule has 0 fully saturated rings. The van der Waals surface area contributed by atoms with Crippen molar-refractivity contribution in [2.75, 3.05) is 0 Å². The summed E-state index contributed by atoms with van der Waals surface area (Å²) < 4.78 is 1.69. The lowest BCUT2D eigenvalue weighted by Crippen LogP contribution is -1.88. The van der Waals surface area contributed by atoms with E-state index >= 15 is 0 Å². The number of aromatic nitrogens is 4. The molecule has 0 saturated heterocycles. The average molecular weight is 257 g/mol. The molecule has 0 spiro atoms. The smallest absolute Gasteiger partial charge is 0.211 e. The molecule has 0 unspecified atom stereocenters. The minimum atomic E-state index is 0.560. The fourth-order valence-electron chi connectivity index (χ4n) is 1.59. The van der Waals surface area contributed by atoms with Crippen molar-refractivity contribution in [1.82, 2.24) is 19.8 Å². The molecule has 0 amide bonds. The fourth-order valence-corrected chi connectivity index (χ4v) is 2.47. The number of aryl methyl sites for hydroxylation is 1. The van der Waals surface area contributed by atoms with Gasteiger partial charge in [0.2, 0.25) is 11.0 Å². The molecule has 0 aliphatic heterocycles. The van der Waals surface area contributed by atoms with Crippen molar-refractivity contribution in [3.8, 4) is 10.6 Å². The van der Waals surface area contributed by atoms with E-state index in [4.69, 9.17) is 0 Å². The minimum Gasteiger partial charge on any atom is -0.211 e. The van der Waals surface area contributed by atoms with E-state index in [1.807, 2.05) is 19.1 Å². The number of benzene rings is 1. The predicted molar refractivity (Wildman–Crippen MR) is 66.6 cm³/mol. The van der Waals surface area contributed by atoms with Gasteiger partial charge in [0, 0.05) is 5.56 Å². The first-order valence-corrected chi connectivity index (χ1v) is 5.97. The van der Waals surface area contributed by atoms with Crippen LogP contribution in [0.25, 0.3) is 15.5 Å². The Morgan fingerprint density at radius 2 is 2.28 bits per heavy atom. The molecule has 88 valence electrons. The number of hydrogen-bond acceptors (Lipinski definition) is 6. The van der Waals surface area contributed by atoms with Crippen LogP contribution in [-0.2, 0) is 4.79 Å². The van der Waals surface area contributed by atoms with Crippen LogP contribution < -0.4 is 0 Å². The third-order valence-electron chi connectivity index (χ3n) is 2.41. The molecule has 2 heterocycles. The zero-order chi connectivity index (χ0) is 12.5. The Morgan fingerprint density at radius 3 is 3.06 bits per heavy atom. The first-order chi connectivity index (χ1) is 8.78. The molecule has 0 radical (unpaired) electrons. The lowest BCUT2D eigenvalue weighted by atomic mass is 10.2. The summed E-state index contributed by atoms with van der Waals surface area (Å²) in [5, 5.41) is 13.2. The standard InChI is InChI=1S/C11H7N5OS/c1-7-13-14-11-16(7)15-10(18-11)8-3-2-4-9(5-8)12-6-17/h2-5H,1H3. The van der Waals surface area contributed by atoms with E-state index in [2.05, 4.69) is 20.3 Å². The maximum Gasteiger partial charge on any atom is 0.240 e. The normalized spacial score (nSPS) is 10.5. The molecule has 0 saturated carbocycles. The second-order valence-corrected chi connectivity index (χ2v) is 4.56. The van der Waals surface area contributed by atoms with Gasteiger partial charge in [-0.25, -0.2) is 4.79 Å². The van der Waals surface area contributed by atoms with Gasteiger partial charge in [0.05, 0.1) is 5.69 Å². The summed E-state index contributed by atoms with van der Waals surface area (Å²) in [6.45, 7) is 1.84. The molecular weight excluding hydrogens is 250 g/mol. The fraction of sp³-hybridized carbons (Fsp3) is 0.0909. The lowest BCUT2D eigenvalue weighted by Gasteiger charge is -1.95. The van der Waals surface area contributed by atoms with Gasteiger partial charge < -0.3 is 0 Å². The van der Waals surface area contributed by atoms with Crippen molar-refractivity contribution < 1.29 is 4.79 Å². The van der Waals surface area contributed by atoms with Gasteiger partial charge in [-0.1, -0.05) is 23.5 Å². The molecule has 6 nitrogen and oxygen atoms in total. The zero-order valence-electron chi connectivity index (χ0n) is 9.36. The highest BCUT2D eigenvalue weighted by molar-refractivity contribution is 7.19. The van der Waals surface area contributed by atoms with Gasteiger partial charge in [-0.15, -0.1) is 10.2 Å². The third-order valence-corrected chi connectivity index (χ3v) is 3.36. The van der Waals surface area contributed by atoms with Gasteiger partial charge in [-0.2, -0.15) is 14.6 Å². The summed E-state index contributed by atoms with van der Waals surface area (Å²) in [4.78, 5) is 14.6. The first-order valence-electron chi connectivity index (χ1n) is 5.15. The maximum absolute atomic E-state index is 10.2. The summed E-state index contributed by atoms with van der Waals surface area (Å²) in [5.74, 6) is 0.745. The van der Waals surface area contributed by atoms with Crippen molar-refractivity contribution in [3.05, 3.63) is 30.1 Å². The van der Waals surface area contributed by atoms with Gasteiger partial charge in [-0.3, -0.25) is 0 Å². The number of isocyanates is 1. The molecule has 3 rings (SSSR count). The Hall–Kier alpha value is -2.37. The van der Waals surface area contributed by atoms with Gasteiger partial charge >= 0.3 is 0 Å². The molecule has 18 heavy (non-hydrogen) atoms. The summed E-state index contributed by atoms with van der Waals surface area (Å²) >= 11 is 1.44. The van der Waals surface area contributed by atoms with E-state index in [1.165, 1.54) is 17.4 Å². The summed E-state index contributed by atoms with van der Waals surface area (Å²) in [6.07, 6.45) is 1.52. The molecule has 1 aromatic carbocycles. The van der Waals surface area contributed by atoms with Gasteiger partial charge in [0.15, 0.2) is 5.82 Å².